The van der Waals surface area contributed by atoms with Gasteiger partial charge in [-0.15, -0.1) is 0 Å². The van der Waals surface area contributed by atoms with Crippen molar-refractivity contribution in [2.45, 2.75) is 43.7 Å². The summed E-state index contributed by atoms with van der Waals surface area (Å²) in [7, 11) is 1.70. The predicted molar refractivity (Wildman–Crippen MR) is 82.9 cm³/mol. The third kappa shape index (κ3) is 2.61. The second kappa shape index (κ2) is 5.66. The highest BCUT2D eigenvalue weighted by molar-refractivity contribution is 9.10. The molecule has 110 valence electrons. The predicted octanol–water partition coefficient (Wildman–Crippen LogP) is 3.81. The summed E-state index contributed by atoms with van der Waals surface area (Å²) in [6, 6.07) is 6.14. The van der Waals surface area contributed by atoms with E-state index < -0.39 is 0 Å². The van der Waals surface area contributed by atoms with Gasteiger partial charge in [0, 0.05) is 22.7 Å². The molecule has 2 N–H and O–H groups in total. The van der Waals surface area contributed by atoms with Gasteiger partial charge in [-0.25, -0.2) is 0 Å². The SMILES string of the molecule is COc1cc(Br)ccc1C(N)C1CCOC2(CCC2)C1. The Labute approximate surface area is 129 Å². The summed E-state index contributed by atoms with van der Waals surface area (Å²) in [5, 5.41) is 0. The number of methoxy groups -OCH3 is 1. The molecule has 4 heteroatoms. The minimum absolute atomic E-state index is 0.0272. The molecule has 0 radical (unpaired) electrons. The fraction of sp³-hybridized carbons (Fsp3) is 0.625. The summed E-state index contributed by atoms with van der Waals surface area (Å²) in [5.41, 5.74) is 7.80. The van der Waals surface area contributed by atoms with Gasteiger partial charge in [-0.3, -0.25) is 0 Å². The van der Waals surface area contributed by atoms with Crippen molar-refractivity contribution in [1.82, 2.24) is 0 Å². The minimum Gasteiger partial charge on any atom is -0.496 e. The third-order valence-electron chi connectivity index (χ3n) is 4.86. The van der Waals surface area contributed by atoms with Gasteiger partial charge >= 0.3 is 0 Å². The fourth-order valence-electron chi connectivity index (χ4n) is 3.51. The summed E-state index contributed by atoms with van der Waals surface area (Å²) in [4.78, 5) is 0. The fourth-order valence-corrected chi connectivity index (χ4v) is 3.85. The molecule has 1 aromatic carbocycles. The van der Waals surface area contributed by atoms with Crippen molar-refractivity contribution >= 4 is 15.9 Å². The van der Waals surface area contributed by atoms with E-state index in [1.165, 1.54) is 19.3 Å². The average molecular weight is 340 g/mol. The molecule has 1 heterocycles. The lowest BCUT2D eigenvalue weighted by Crippen LogP contribution is -2.47. The van der Waals surface area contributed by atoms with Gasteiger partial charge in [0.1, 0.15) is 5.75 Å². The zero-order valence-electron chi connectivity index (χ0n) is 11.9. The highest BCUT2D eigenvalue weighted by Gasteiger charge is 2.44. The molecule has 20 heavy (non-hydrogen) atoms. The van der Waals surface area contributed by atoms with Crippen LogP contribution in [0.3, 0.4) is 0 Å². The molecule has 0 amide bonds. The van der Waals surface area contributed by atoms with E-state index in [1.807, 2.05) is 12.1 Å². The standard InChI is InChI=1S/C16H22BrNO2/c1-19-14-9-12(17)3-4-13(14)15(18)11-5-8-20-16(10-11)6-2-7-16/h3-4,9,11,15H,2,5-8,10,18H2,1H3. The third-order valence-corrected chi connectivity index (χ3v) is 5.35. The zero-order valence-corrected chi connectivity index (χ0v) is 13.5. The van der Waals surface area contributed by atoms with Gasteiger partial charge in [-0.1, -0.05) is 22.0 Å². The molecular weight excluding hydrogens is 318 g/mol. The Morgan fingerprint density at radius 2 is 2.25 bits per heavy atom. The van der Waals surface area contributed by atoms with E-state index in [2.05, 4.69) is 22.0 Å². The Morgan fingerprint density at radius 3 is 2.90 bits per heavy atom. The highest BCUT2D eigenvalue weighted by atomic mass is 79.9. The first-order chi connectivity index (χ1) is 9.63. The Hall–Kier alpha value is -0.580. The maximum atomic E-state index is 6.55. The quantitative estimate of drug-likeness (QED) is 0.910. The van der Waals surface area contributed by atoms with E-state index in [-0.39, 0.29) is 11.6 Å². The molecule has 3 rings (SSSR count). The molecule has 3 nitrogen and oxygen atoms in total. The van der Waals surface area contributed by atoms with E-state index in [1.54, 1.807) is 7.11 Å². The molecule has 2 atom stereocenters. The van der Waals surface area contributed by atoms with Gasteiger partial charge in [-0.05, 0) is 50.2 Å². The Bertz CT molecular complexity index is 487. The normalized spacial score (nSPS) is 26.1. The van der Waals surface area contributed by atoms with Crippen molar-refractivity contribution in [3.63, 3.8) is 0 Å². The van der Waals surface area contributed by atoms with Gasteiger partial charge in [0.15, 0.2) is 0 Å². The highest BCUT2D eigenvalue weighted by Crippen LogP contribution is 2.47. The summed E-state index contributed by atoms with van der Waals surface area (Å²) >= 11 is 3.48. The summed E-state index contributed by atoms with van der Waals surface area (Å²) in [5.74, 6) is 1.36. The Morgan fingerprint density at radius 1 is 1.45 bits per heavy atom. The first-order valence-corrected chi connectivity index (χ1v) is 8.16. The van der Waals surface area contributed by atoms with Crippen LogP contribution in [-0.4, -0.2) is 19.3 Å². The molecule has 0 bridgehead atoms. The molecule has 2 fully saturated rings. The van der Waals surface area contributed by atoms with Gasteiger partial charge < -0.3 is 15.2 Å². The van der Waals surface area contributed by atoms with E-state index in [9.17, 15) is 0 Å². The van der Waals surface area contributed by atoms with Gasteiger partial charge in [0.25, 0.3) is 0 Å². The molecule has 1 saturated carbocycles. The van der Waals surface area contributed by atoms with Crippen LogP contribution >= 0.6 is 15.9 Å². The summed E-state index contributed by atoms with van der Waals surface area (Å²) in [6.07, 6.45) is 5.83. The van der Waals surface area contributed by atoms with Crippen LogP contribution in [0.25, 0.3) is 0 Å². The van der Waals surface area contributed by atoms with Crippen LogP contribution in [0, 0.1) is 5.92 Å². The van der Waals surface area contributed by atoms with Crippen molar-refractivity contribution in [3.8, 4) is 5.75 Å². The largest absolute Gasteiger partial charge is 0.496 e. The van der Waals surface area contributed by atoms with E-state index in [0.29, 0.717) is 5.92 Å². The van der Waals surface area contributed by atoms with Crippen molar-refractivity contribution in [2.75, 3.05) is 13.7 Å². The molecule has 1 saturated heterocycles. The lowest BCUT2D eigenvalue weighted by molar-refractivity contribution is -0.146. The van der Waals surface area contributed by atoms with Crippen LogP contribution in [0.2, 0.25) is 0 Å². The lowest BCUT2D eigenvalue weighted by Gasteiger charge is -2.48. The minimum atomic E-state index is 0.0272. The van der Waals surface area contributed by atoms with Crippen LogP contribution in [-0.2, 0) is 4.74 Å². The van der Waals surface area contributed by atoms with Crippen LogP contribution in [0.1, 0.15) is 43.7 Å². The van der Waals surface area contributed by atoms with Gasteiger partial charge in [-0.2, -0.15) is 0 Å². The number of rotatable bonds is 3. The Kier molecular flexibility index (Phi) is 4.07. The first-order valence-electron chi connectivity index (χ1n) is 7.36. The molecule has 1 aliphatic heterocycles. The summed E-state index contributed by atoms with van der Waals surface area (Å²) in [6.45, 7) is 0.844. The van der Waals surface area contributed by atoms with Crippen molar-refractivity contribution in [2.24, 2.45) is 11.7 Å². The average Bonchev–Trinajstić information content (AvgIpc) is 2.45. The number of ether oxygens (including phenoxy) is 2. The van der Waals surface area contributed by atoms with Crippen molar-refractivity contribution in [3.05, 3.63) is 28.2 Å². The molecular formula is C16H22BrNO2. The zero-order chi connectivity index (χ0) is 14.2. The van der Waals surface area contributed by atoms with Gasteiger partial charge in [0.2, 0.25) is 0 Å². The molecule has 2 unspecified atom stereocenters. The number of hydrogen-bond donors (Lipinski definition) is 1. The topological polar surface area (TPSA) is 44.5 Å². The molecule has 1 aliphatic carbocycles. The van der Waals surface area contributed by atoms with Crippen LogP contribution in [0.4, 0.5) is 0 Å². The maximum absolute atomic E-state index is 6.55. The number of nitrogens with two attached hydrogens (primary N) is 1. The van der Waals surface area contributed by atoms with E-state index in [0.717, 1.165) is 35.2 Å². The second-order valence-electron chi connectivity index (χ2n) is 6.05. The van der Waals surface area contributed by atoms with E-state index in [4.69, 9.17) is 15.2 Å². The molecule has 0 aromatic heterocycles. The number of halogens is 1. The van der Waals surface area contributed by atoms with Crippen molar-refractivity contribution < 1.29 is 9.47 Å². The first kappa shape index (κ1) is 14.4. The Balaban J connectivity index is 1.79. The van der Waals surface area contributed by atoms with Crippen LogP contribution < -0.4 is 10.5 Å². The second-order valence-corrected chi connectivity index (χ2v) is 6.97. The number of hydrogen-bond acceptors (Lipinski definition) is 3. The monoisotopic (exact) mass is 339 g/mol. The maximum Gasteiger partial charge on any atom is 0.124 e. The number of benzene rings is 1. The van der Waals surface area contributed by atoms with E-state index >= 15 is 0 Å². The van der Waals surface area contributed by atoms with Crippen LogP contribution in [0.5, 0.6) is 5.75 Å². The lowest BCUT2D eigenvalue weighted by atomic mass is 9.70. The molecule has 1 spiro atoms. The summed E-state index contributed by atoms with van der Waals surface area (Å²) < 4.78 is 12.5. The van der Waals surface area contributed by atoms with Gasteiger partial charge in [0.05, 0.1) is 12.7 Å². The van der Waals surface area contributed by atoms with Crippen molar-refractivity contribution in [1.29, 1.82) is 0 Å². The smallest absolute Gasteiger partial charge is 0.124 e. The molecule has 2 aliphatic rings. The molecule has 1 aromatic rings. The van der Waals surface area contributed by atoms with Crippen LogP contribution in [0.15, 0.2) is 22.7 Å².